The number of hydrogen-bond acceptors (Lipinski definition) is 4. The number of aliphatic imine (C=N–C) groups is 1. The fraction of sp³-hybridized carbons (Fsp3) is 0.0625. The summed E-state index contributed by atoms with van der Waals surface area (Å²) in [5, 5.41) is 1.71. The number of amidine groups is 1. The van der Waals surface area contributed by atoms with Gasteiger partial charge in [0.05, 0.1) is 23.9 Å². The zero-order valence-electron chi connectivity index (χ0n) is 11.4. The molecule has 2 aromatic carbocycles. The summed E-state index contributed by atoms with van der Waals surface area (Å²) in [6.45, 7) is 0. The van der Waals surface area contributed by atoms with Gasteiger partial charge in [0.2, 0.25) is 0 Å². The highest BCUT2D eigenvalue weighted by molar-refractivity contribution is 6.46. The quantitative estimate of drug-likeness (QED) is 0.671. The van der Waals surface area contributed by atoms with E-state index in [0.717, 1.165) is 5.69 Å². The van der Waals surface area contributed by atoms with Gasteiger partial charge < -0.3 is 4.74 Å². The average Bonchev–Trinajstić information content (AvgIpc) is 2.84. The standard InChI is InChI=1S/C16H12N2O3/c1-21-16(20)12-9-5-8-11-13(12)18-15(14(11)19)17-10-6-3-2-4-7-10/h2-9H,1H3,(H,17,18,19)/p+1. The predicted octanol–water partition coefficient (Wildman–Crippen LogP) is 1.59. The Morgan fingerprint density at radius 3 is 2.57 bits per heavy atom. The van der Waals surface area contributed by atoms with Crippen LogP contribution < -0.4 is 5.32 Å². The summed E-state index contributed by atoms with van der Waals surface area (Å²) in [6, 6.07) is 14.4. The van der Waals surface area contributed by atoms with Gasteiger partial charge in [-0.05, 0) is 24.3 Å². The summed E-state index contributed by atoms with van der Waals surface area (Å²) in [7, 11) is 1.30. The van der Waals surface area contributed by atoms with E-state index < -0.39 is 5.97 Å². The van der Waals surface area contributed by atoms with Crippen molar-refractivity contribution < 1.29 is 19.6 Å². The second-order valence-corrected chi connectivity index (χ2v) is 4.57. The third-order valence-corrected chi connectivity index (χ3v) is 3.25. The van der Waals surface area contributed by atoms with Gasteiger partial charge in [0.25, 0.3) is 11.6 Å². The summed E-state index contributed by atoms with van der Waals surface area (Å²) in [6.07, 6.45) is 0. The molecule has 0 saturated heterocycles. The van der Waals surface area contributed by atoms with Gasteiger partial charge >= 0.3 is 5.97 Å². The van der Waals surface area contributed by atoms with Crippen LogP contribution >= 0.6 is 0 Å². The number of fused-ring (bicyclic) bond motifs is 1. The number of quaternary nitrogens is 1. The average molecular weight is 281 g/mol. The predicted molar refractivity (Wildman–Crippen MR) is 77.2 cm³/mol. The lowest BCUT2D eigenvalue weighted by Gasteiger charge is -2.01. The van der Waals surface area contributed by atoms with E-state index in [-0.39, 0.29) is 5.78 Å². The van der Waals surface area contributed by atoms with Gasteiger partial charge in [0, 0.05) is 0 Å². The molecule has 1 aliphatic rings. The number of nitrogens with two attached hydrogens (primary N) is 1. The van der Waals surface area contributed by atoms with Crippen LogP contribution in [0.2, 0.25) is 0 Å². The molecule has 0 atom stereocenters. The minimum atomic E-state index is -0.496. The Bertz CT molecular complexity index is 751. The topological polar surface area (TPSA) is 72.3 Å². The van der Waals surface area contributed by atoms with Crippen LogP contribution in [0.1, 0.15) is 20.7 Å². The molecule has 0 fully saturated rings. The molecular formula is C16H13N2O3+. The lowest BCUT2D eigenvalue weighted by Crippen LogP contribution is -2.83. The van der Waals surface area contributed by atoms with E-state index in [0.29, 0.717) is 22.6 Å². The Balaban J connectivity index is 1.99. The molecule has 5 nitrogen and oxygen atoms in total. The molecular weight excluding hydrogens is 268 g/mol. The van der Waals surface area contributed by atoms with Crippen LogP contribution in [0, 0.1) is 0 Å². The Morgan fingerprint density at radius 2 is 1.86 bits per heavy atom. The summed E-state index contributed by atoms with van der Waals surface area (Å²) in [5.74, 6) is -0.350. The van der Waals surface area contributed by atoms with Crippen molar-refractivity contribution in [2.45, 2.75) is 0 Å². The highest BCUT2D eigenvalue weighted by Crippen LogP contribution is 2.30. The molecule has 1 aliphatic heterocycles. The van der Waals surface area contributed by atoms with E-state index in [1.54, 1.807) is 23.5 Å². The number of nitrogens with zero attached hydrogens (tertiary/aromatic N) is 1. The molecule has 3 rings (SSSR count). The van der Waals surface area contributed by atoms with Crippen molar-refractivity contribution in [3.8, 4) is 0 Å². The first-order valence-corrected chi connectivity index (χ1v) is 6.45. The number of esters is 1. The number of carbonyl (C=O) groups is 2. The molecule has 0 spiro atoms. The molecule has 104 valence electrons. The Morgan fingerprint density at radius 1 is 1.10 bits per heavy atom. The number of Topliss-reactive ketones (excluding diaryl/α,β-unsaturated/α-hetero) is 1. The van der Waals surface area contributed by atoms with E-state index in [2.05, 4.69) is 4.99 Å². The summed E-state index contributed by atoms with van der Waals surface area (Å²) < 4.78 is 4.72. The van der Waals surface area contributed by atoms with Gasteiger partial charge in [-0.15, -0.1) is 0 Å². The number of ether oxygens (including phenoxy) is 1. The number of methoxy groups -OCH3 is 1. The van der Waals surface area contributed by atoms with Gasteiger partial charge in [0.15, 0.2) is 0 Å². The van der Waals surface area contributed by atoms with E-state index in [4.69, 9.17) is 4.74 Å². The first-order valence-electron chi connectivity index (χ1n) is 6.45. The van der Waals surface area contributed by atoms with E-state index in [1.807, 2.05) is 30.3 Å². The smallest absolute Gasteiger partial charge is 0.340 e. The molecule has 21 heavy (non-hydrogen) atoms. The van der Waals surface area contributed by atoms with Gasteiger partial charge in [0.1, 0.15) is 5.69 Å². The van der Waals surface area contributed by atoms with Crippen LogP contribution in [0.4, 0.5) is 11.4 Å². The lowest BCUT2D eigenvalue weighted by atomic mass is 10.1. The molecule has 5 heteroatoms. The molecule has 1 heterocycles. The highest BCUT2D eigenvalue weighted by atomic mass is 16.5. The molecule has 0 unspecified atom stereocenters. The Hall–Kier alpha value is -2.79. The van der Waals surface area contributed by atoms with Crippen LogP contribution in [0.15, 0.2) is 53.5 Å². The van der Waals surface area contributed by atoms with Crippen molar-refractivity contribution in [1.29, 1.82) is 0 Å². The first-order chi connectivity index (χ1) is 10.2. The SMILES string of the molecule is COC(=O)c1cccc2c1N=C([NH2+]c1ccccc1)C2=O. The zero-order valence-corrected chi connectivity index (χ0v) is 11.4. The number of rotatable bonds is 2. The van der Waals surface area contributed by atoms with Crippen molar-refractivity contribution in [3.05, 3.63) is 59.7 Å². The highest BCUT2D eigenvalue weighted by Gasteiger charge is 2.32. The van der Waals surface area contributed by atoms with Crippen molar-refractivity contribution in [2.24, 2.45) is 4.99 Å². The Labute approximate surface area is 121 Å². The summed E-state index contributed by atoms with van der Waals surface area (Å²) >= 11 is 0. The molecule has 0 aliphatic carbocycles. The molecule has 0 amide bonds. The maximum Gasteiger partial charge on any atom is 0.340 e. The lowest BCUT2D eigenvalue weighted by molar-refractivity contribution is -0.440. The van der Waals surface area contributed by atoms with Crippen molar-refractivity contribution in [3.63, 3.8) is 0 Å². The van der Waals surface area contributed by atoms with Crippen LogP contribution in [0.3, 0.4) is 0 Å². The molecule has 0 saturated carbocycles. The van der Waals surface area contributed by atoms with Crippen LogP contribution in [0.5, 0.6) is 0 Å². The number of benzene rings is 2. The van der Waals surface area contributed by atoms with Crippen LogP contribution in [-0.4, -0.2) is 24.7 Å². The maximum absolute atomic E-state index is 12.4. The molecule has 2 aromatic rings. The van der Waals surface area contributed by atoms with Crippen molar-refractivity contribution >= 4 is 29.0 Å². The molecule has 0 bridgehead atoms. The second kappa shape index (κ2) is 5.30. The van der Waals surface area contributed by atoms with Crippen LogP contribution in [0.25, 0.3) is 0 Å². The third-order valence-electron chi connectivity index (χ3n) is 3.25. The number of ketones is 1. The molecule has 0 aromatic heterocycles. The van der Waals surface area contributed by atoms with Gasteiger partial charge in [-0.2, -0.15) is 4.99 Å². The minimum Gasteiger partial charge on any atom is -0.465 e. The van der Waals surface area contributed by atoms with E-state index in [1.165, 1.54) is 7.11 Å². The zero-order chi connectivity index (χ0) is 14.8. The molecule has 0 radical (unpaired) electrons. The third kappa shape index (κ3) is 2.34. The summed E-state index contributed by atoms with van der Waals surface area (Å²) in [5.41, 5.74) is 2.01. The van der Waals surface area contributed by atoms with Gasteiger partial charge in [-0.25, -0.2) is 4.79 Å². The fourth-order valence-electron chi connectivity index (χ4n) is 2.24. The first kappa shape index (κ1) is 13.2. The van der Waals surface area contributed by atoms with E-state index >= 15 is 0 Å². The maximum atomic E-state index is 12.4. The monoisotopic (exact) mass is 281 g/mol. The normalized spacial score (nSPS) is 12.8. The van der Waals surface area contributed by atoms with Crippen molar-refractivity contribution in [1.82, 2.24) is 0 Å². The largest absolute Gasteiger partial charge is 0.465 e. The van der Waals surface area contributed by atoms with Crippen molar-refractivity contribution in [2.75, 3.05) is 7.11 Å². The molecule has 2 N–H and O–H groups in total. The minimum absolute atomic E-state index is 0.181. The number of carbonyl (C=O) groups excluding carboxylic acids is 2. The van der Waals surface area contributed by atoms with Crippen LogP contribution in [-0.2, 0) is 4.74 Å². The Kier molecular flexibility index (Phi) is 3.33. The van der Waals surface area contributed by atoms with Gasteiger partial charge in [-0.1, -0.05) is 24.3 Å². The summed E-state index contributed by atoms with van der Waals surface area (Å²) in [4.78, 5) is 28.4. The number of hydrogen-bond donors (Lipinski definition) is 1. The second-order valence-electron chi connectivity index (χ2n) is 4.57. The fourth-order valence-corrected chi connectivity index (χ4v) is 2.24. The van der Waals surface area contributed by atoms with Gasteiger partial charge in [-0.3, -0.25) is 10.1 Å². The number of para-hydroxylation sites is 2. The van der Waals surface area contributed by atoms with E-state index in [9.17, 15) is 9.59 Å².